The second kappa shape index (κ2) is 8.37. The Labute approximate surface area is 131 Å². The molecule has 1 aliphatic rings. The van der Waals surface area contributed by atoms with Crippen molar-refractivity contribution in [2.75, 3.05) is 38.0 Å². The van der Waals surface area contributed by atoms with Crippen LogP contribution in [0.25, 0.3) is 0 Å². The molecule has 0 aliphatic carbocycles. The van der Waals surface area contributed by atoms with Crippen molar-refractivity contribution in [3.05, 3.63) is 28.8 Å². The number of benzene rings is 1. The minimum Gasteiger partial charge on any atom is -0.325 e. The van der Waals surface area contributed by atoms with Crippen molar-refractivity contribution in [2.24, 2.45) is 0 Å². The van der Waals surface area contributed by atoms with Gasteiger partial charge in [0.1, 0.15) is 0 Å². The first-order chi connectivity index (χ1) is 10.1. The Morgan fingerprint density at radius 3 is 2.81 bits per heavy atom. The van der Waals surface area contributed by atoms with Crippen molar-refractivity contribution in [2.45, 2.75) is 26.2 Å². The third-order valence-electron chi connectivity index (χ3n) is 3.81. The van der Waals surface area contributed by atoms with Gasteiger partial charge in [0.15, 0.2) is 0 Å². The summed E-state index contributed by atoms with van der Waals surface area (Å²) in [6, 6.07) is 5.51. The van der Waals surface area contributed by atoms with Crippen LogP contribution in [-0.4, -0.2) is 43.5 Å². The Morgan fingerprint density at radius 2 is 2.05 bits per heavy atom. The number of nitrogens with zero attached hydrogens (tertiary/aromatic N) is 1. The normalized spacial score (nSPS) is 15.9. The molecule has 1 aliphatic heterocycles. The minimum atomic E-state index is -0.0287. The molecule has 2 rings (SSSR count). The van der Waals surface area contributed by atoms with Crippen molar-refractivity contribution in [3.8, 4) is 0 Å². The number of aryl methyl sites for hydroxylation is 1. The largest absolute Gasteiger partial charge is 0.325 e. The molecule has 4 nitrogen and oxygen atoms in total. The van der Waals surface area contributed by atoms with E-state index in [-0.39, 0.29) is 5.91 Å². The van der Waals surface area contributed by atoms with E-state index in [4.69, 9.17) is 11.6 Å². The summed E-state index contributed by atoms with van der Waals surface area (Å²) >= 11 is 5.94. The van der Waals surface area contributed by atoms with Crippen LogP contribution in [0.2, 0.25) is 5.02 Å². The molecular weight excluding hydrogens is 286 g/mol. The van der Waals surface area contributed by atoms with Crippen LogP contribution in [0.5, 0.6) is 0 Å². The van der Waals surface area contributed by atoms with Crippen molar-refractivity contribution in [1.82, 2.24) is 10.2 Å². The highest BCUT2D eigenvalue weighted by atomic mass is 35.5. The molecule has 21 heavy (non-hydrogen) atoms. The van der Waals surface area contributed by atoms with Crippen LogP contribution in [0.1, 0.15) is 24.8 Å². The van der Waals surface area contributed by atoms with Gasteiger partial charge in [0.2, 0.25) is 5.91 Å². The van der Waals surface area contributed by atoms with Crippen molar-refractivity contribution in [1.29, 1.82) is 0 Å². The number of nitrogens with one attached hydrogen (secondary N) is 2. The van der Waals surface area contributed by atoms with Crippen LogP contribution in [-0.2, 0) is 4.79 Å². The van der Waals surface area contributed by atoms with Crippen molar-refractivity contribution in [3.63, 3.8) is 0 Å². The fraction of sp³-hybridized carbons (Fsp3) is 0.562. The summed E-state index contributed by atoms with van der Waals surface area (Å²) < 4.78 is 0. The molecule has 0 atom stereocenters. The second-order valence-corrected chi connectivity index (χ2v) is 6.02. The van der Waals surface area contributed by atoms with Crippen molar-refractivity contribution < 1.29 is 4.79 Å². The predicted molar refractivity (Wildman–Crippen MR) is 88.0 cm³/mol. The van der Waals surface area contributed by atoms with Gasteiger partial charge in [-0.1, -0.05) is 24.1 Å². The summed E-state index contributed by atoms with van der Waals surface area (Å²) in [7, 11) is 0. The zero-order chi connectivity index (χ0) is 15.1. The van der Waals surface area contributed by atoms with Crippen LogP contribution in [0, 0.1) is 6.92 Å². The van der Waals surface area contributed by atoms with Gasteiger partial charge >= 0.3 is 0 Å². The quantitative estimate of drug-likeness (QED) is 0.794. The molecular formula is C16H24ClN3O. The summed E-state index contributed by atoms with van der Waals surface area (Å²) in [5.74, 6) is -0.0287. The van der Waals surface area contributed by atoms with E-state index in [9.17, 15) is 4.79 Å². The molecule has 116 valence electrons. The lowest BCUT2D eigenvalue weighted by Gasteiger charge is -2.26. The van der Waals surface area contributed by atoms with E-state index in [0.717, 1.165) is 24.3 Å². The van der Waals surface area contributed by atoms with Crippen LogP contribution in [0.15, 0.2) is 18.2 Å². The van der Waals surface area contributed by atoms with E-state index in [1.54, 1.807) is 6.07 Å². The first kappa shape index (κ1) is 16.3. The molecule has 2 N–H and O–H groups in total. The van der Waals surface area contributed by atoms with Crippen LogP contribution >= 0.6 is 11.6 Å². The van der Waals surface area contributed by atoms with Crippen LogP contribution in [0.4, 0.5) is 5.69 Å². The summed E-state index contributed by atoms with van der Waals surface area (Å²) in [6.07, 6.45) is 3.95. The number of carbonyl (C=O) groups excluding carboxylic acids is 1. The molecule has 0 radical (unpaired) electrons. The lowest BCUT2D eigenvalue weighted by Crippen LogP contribution is -2.38. The standard InChI is InChI=1S/C16H24ClN3O/c1-13-5-6-14(17)11-15(13)19-16(21)12-18-7-10-20-8-3-2-4-9-20/h5-6,11,18H,2-4,7-10,12H2,1H3,(H,19,21). The second-order valence-electron chi connectivity index (χ2n) is 5.59. The van der Waals surface area contributed by atoms with Gasteiger partial charge in [0, 0.05) is 23.8 Å². The van der Waals surface area contributed by atoms with E-state index >= 15 is 0 Å². The van der Waals surface area contributed by atoms with E-state index in [0.29, 0.717) is 11.6 Å². The molecule has 0 saturated carbocycles. The number of rotatable bonds is 6. The summed E-state index contributed by atoms with van der Waals surface area (Å²) in [5, 5.41) is 6.72. The molecule has 1 amide bonds. The molecule has 1 aromatic rings. The monoisotopic (exact) mass is 309 g/mol. The van der Waals surface area contributed by atoms with Crippen LogP contribution in [0.3, 0.4) is 0 Å². The maximum Gasteiger partial charge on any atom is 0.238 e. The number of halogens is 1. The Kier molecular flexibility index (Phi) is 6.49. The fourth-order valence-electron chi connectivity index (χ4n) is 2.55. The molecule has 1 saturated heterocycles. The maximum absolute atomic E-state index is 11.9. The molecule has 0 bridgehead atoms. The van der Waals surface area contributed by atoms with E-state index in [1.807, 2.05) is 19.1 Å². The van der Waals surface area contributed by atoms with Gasteiger partial charge in [0.25, 0.3) is 0 Å². The Morgan fingerprint density at radius 1 is 1.29 bits per heavy atom. The third kappa shape index (κ3) is 5.65. The smallest absolute Gasteiger partial charge is 0.238 e. The average Bonchev–Trinajstić information content (AvgIpc) is 2.48. The minimum absolute atomic E-state index is 0.0287. The number of hydrogen-bond donors (Lipinski definition) is 2. The summed E-state index contributed by atoms with van der Waals surface area (Å²) in [5.41, 5.74) is 1.80. The molecule has 1 fully saturated rings. The molecule has 0 unspecified atom stereocenters. The van der Waals surface area contributed by atoms with E-state index in [1.165, 1.54) is 32.4 Å². The topological polar surface area (TPSA) is 44.4 Å². The summed E-state index contributed by atoms with van der Waals surface area (Å²) in [4.78, 5) is 14.4. The van der Waals surface area contributed by atoms with Crippen LogP contribution < -0.4 is 10.6 Å². The molecule has 1 aromatic carbocycles. The average molecular weight is 310 g/mol. The Hall–Kier alpha value is -1.10. The molecule has 0 aromatic heterocycles. The zero-order valence-corrected chi connectivity index (χ0v) is 13.4. The fourth-order valence-corrected chi connectivity index (χ4v) is 2.72. The Bertz CT molecular complexity index is 473. The summed E-state index contributed by atoms with van der Waals surface area (Å²) in [6.45, 7) is 6.53. The van der Waals surface area contributed by atoms with Gasteiger partial charge in [-0.05, 0) is 50.6 Å². The number of carbonyl (C=O) groups is 1. The lowest BCUT2D eigenvalue weighted by molar-refractivity contribution is -0.115. The van der Waals surface area contributed by atoms with Gasteiger partial charge in [-0.15, -0.1) is 0 Å². The molecule has 1 heterocycles. The van der Waals surface area contributed by atoms with E-state index < -0.39 is 0 Å². The van der Waals surface area contributed by atoms with E-state index in [2.05, 4.69) is 15.5 Å². The number of likely N-dealkylation sites (tertiary alicyclic amines) is 1. The van der Waals surface area contributed by atoms with Gasteiger partial charge in [-0.3, -0.25) is 4.79 Å². The zero-order valence-electron chi connectivity index (χ0n) is 12.6. The SMILES string of the molecule is Cc1ccc(Cl)cc1NC(=O)CNCCN1CCCCC1. The van der Waals surface area contributed by atoms with Gasteiger partial charge in [0.05, 0.1) is 6.54 Å². The highest BCUT2D eigenvalue weighted by Crippen LogP contribution is 2.19. The predicted octanol–water partition coefficient (Wildman–Crippen LogP) is 2.66. The van der Waals surface area contributed by atoms with Gasteiger partial charge < -0.3 is 15.5 Å². The first-order valence-corrected chi connectivity index (χ1v) is 8.02. The third-order valence-corrected chi connectivity index (χ3v) is 4.05. The maximum atomic E-state index is 11.9. The lowest BCUT2D eigenvalue weighted by atomic mass is 10.1. The highest BCUT2D eigenvalue weighted by Gasteiger charge is 2.09. The molecule has 5 heteroatoms. The number of piperidine rings is 1. The number of anilines is 1. The Balaban J connectivity index is 1.66. The van der Waals surface area contributed by atoms with Crippen molar-refractivity contribution >= 4 is 23.2 Å². The number of hydrogen-bond acceptors (Lipinski definition) is 3. The highest BCUT2D eigenvalue weighted by molar-refractivity contribution is 6.31. The molecule has 0 spiro atoms. The van der Waals surface area contributed by atoms with Gasteiger partial charge in [-0.2, -0.15) is 0 Å². The van der Waals surface area contributed by atoms with Gasteiger partial charge in [-0.25, -0.2) is 0 Å². The first-order valence-electron chi connectivity index (χ1n) is 7.64. The number of amides is 1.